The summed E-state index contributed by atoms with van der Waals surface area (Å²) in [6, 6.07) is 0. The first-order valence-corrected chi connectivity index (χ1v) is 7.94. The quantitative estimate of drug-likeness (QED) is 0.571. The number of unbranched alkanes of at least 4 members (excludes halogenated alkanes) is 3. The molecule has 0 saturated carbocycles. The number of nitrogens with zero attached hydrogens (tertiary/aromatic N) is 2. The highest BCUT2D eigenvalue weighted by molar-refractivity contribution is 4.67. The van der Waals surface area contributed by atoms with Crippen molar-refractivity contribution in [3.05, 3.63) is 0 Å². The number of hydrogen-bond donors (Lipinski definition) is 1. The van der Waals surface area contributed by atoms with Crippen molar-refractivity contribution in [1.82, 2.24) is 15.1 Å². The molecule has 0 atom stereocenters. The third kappa shape index (κ3) is 8.06. The molecule has 0 amide bonds. The third-order valence-corrected chi connectivity index (χ3v) is 3.89. The maximum atomic E-state index is 3.38. The summed E-state index contributed by atoms with van der Waals surface area (Å²) < 4.78 is 0. The maximum Gasteiger partial charge on any atom is 0.0109 e. The van der Waals surface area contributed by atoms with Crippen LogP contribution in [0.4, 0.5) is 0 Å². The Balaban J connectivity index is 1.82. The first-order chi connectivity index (χ1) is 8.83. The lowest BCUT2D eigenvalue weighted by molar-refractivity contribution is 0.253. The van der Waals surface area contributed by atoms with E-state index in [1.54, 1.807) is 0 Å². The molecule has 3 nitrogen and oxygen atoms in total. The van der Waals surface area contributed by atoms with Gasteiger partial charge >= 0.3 is 0 Å². The molecule has 0 aromatic rings. The van der Waals surface area contributed by atoms with Crippen LogP contribution in [0.15, 0.2) is 0 Å². The van der Waals surface area contributed by atoms with E-state index in [2.05, 4.69) is 29.1 Å². The van der Waals surface area contributed by atoms with Gasteiger partial charge in [0.05, 0.1) is 0 Å². The zero-order valence-corrected chi connectivity index (χ0v) is 12.6. The lowest BCUT2D eigenvalue weighted by Crippen LogP contribution is -2.31. The van der Waals surface area contributed by atoms with E-state index in [4.69, 9.17) is 0 Å². The summed E-state index contributed by atoms with van der Waals surface area (Å²) in [5.74, 6) is 0. The van der Waals surface area contributed by atoms with Crippen molar-refractivity contribution < 1.29 is 0 Å². The van der Waals surface area contributed by atoms with Crippen molar-refractivity contribution in [2.45, 2.75) is 45.4 Å². The van der Waals surface area contributed by atoms with Crippen molar-refractivity contribution in [3.8, 4) is 0 Å². The van der Waals surface area contributed by atoms with E-state index in [0.29, 0.717) is 0 Å². The van der Waals surface area contributed by atoms with Gasteiger partial charge < -0.3 is 15.1 Å². The van der Waals surface area contributed by atoms with Gasteiger partial charge in [-0.15, -0.1) is 0 Å². The Morgan fingerprint density at radius 1 is 1.00 bits per heavy atom. The highest BCUT2D eigenvalue weighted by Gasteiger charge is 2.11. The second kappa shape index (κ2) is 10.8. The molecule has 0 spiro atoms. The van der Waals surface area contributed by atoms with Gasteiger partial charge in [0.2, 0.25) is 0 Å². The molecule has 0 aromatic carbocycles. The van der Waals surface area contributed by atoms with E-state index in [0.717, 1.165) is 6.54 Å². The van der Waals surface area contributed by atoms with E-state index in [1.165, 1.54) is 77.8 Å². The van der Waals surface area contributed by atoms with E-state index in [-0.39, 0.29) is 0 Å². The lowest BCUT2D eigenvalue weighted by Gasteiger charge is -2.21. The monoisotopic (exact) mass is 255 g/mol. The Hall–Kier alpha value is -0.120. The van der Waals surface area contributed by atoms with Gasteiger partial charge in [0, 0.05) is 13.1 Å². The molecule has 3 heteroatoms. The summed E-state index contributed by atoms with van der Waals surface area (Å²) in [4.78, 5) is 5.11. The van der Waals surface area contributed by atoms with Gasteiger partial charge in [-0.25, -0.2) is 0 Å². The van der Waals surface area contributed by atoms with E-state index in [1.807, 2.05) is 0 Å². The fourth-order valence-corrected chi connectivity index (χ4v) is 2.59. The first-order valence-electron chi connectivity index (χ1n) is 7.94. The maximum absolute atomic E-state index is 3.38. The van der Waals surface area contributed by atoms with Gasteiger partial charge in [-0.1, -0.05) is 19.8 Å². The molecule has 0 aliphatic carbocycles. The number of nitrogens with one attached hydrogen (secondary N) is 1. The minimum atomic E-state index is 1.11. The van der Waals surface area contributed by atoms with Gasteiger partial charge in [0.1, 0.15) is 0 Å². The van der Waals surface area contributed by atoms with Crippen LogP contribution in [0.2, 0.25) is 0 Å². The van der Waals surface area contributed by atoms with Crippen LogP contribution in [0.3, 0.4) is 0 Å². The molecular formula is C15H33N3. The second-order valence-electron chi connectivity index (χ2n) is 5.62. The van der Waals surface area contributed by atoms with Crippen LogP contribution in [0.5, 0.6) is 0 Å². The second-order valence-corrected chi connectivity index (χ2v) is 5.62. The smallest absolute Gasteiger partial charge is 0.0109 e. The summed E-state index contributed by atoms with van der Waals surface area (Å²) in [5, 5.41) is 3.38. The molecule has 0 bridgehead atoms. The minimum Gasteiger partial charge on any atom is -0.317 e. The summed E-state index contributed by atoms with van der Waals surface area (Å²) >= 11 is 0. The fraction of sp³-hybridized carbons (Fsp3) is 1.00. The summed E-state index contributed by atoms with van der Waals surface area (Å²) in [5.41, 5.74) is 0. The van der Waals surface area contributed by atoms with E-state index >= 15 is 0 Å². The Labute approximate surface area is 114 Å². The van der Waals surface area contributed by atoms with Gasteiger partial charge in [-0.3, -0.25) is 0 Å². The van der Waals surface area contributed by atoms with Crippen LogP contribution in [0.1, 0.15) is 45.4 Å². The first kappa shape index (κ1) is 15.9. The number of likely N-dealkylation sites (tertiary alicyclic amines) is 1. The average molecular weight is 255 g/mol. The van der Waals surface area contributed by atoms with E-state index < -0.39 is 0 Å². The zero-order chi connectivity index (χ0) is 13.1. The number of likely N-dealkylation sites (N-methyl/N-ethyl adjacent to an activating group) is 1. The highest BCUT2D eigenvalue weighted by atomic mass is 15.2. The van der Waals surface area contributed by atoms with Crippen LogP contribution >= 0.6 is 0 Å². The predicted octanol–water partition coefficient (Wildman–Crippen LogP) is 2.18. The molecule has 1 aliphatic heterocycles. The summed E-state index contributed by atoms with van der Waals surface area (Å²) in [6.07, 6.45) is 8.30. The average Bonchev–Trinajstić information content (AvgIpc) is 2.88. The topological polar surface area (TPSA) is 18.5 Å². The van der Waals surface area contributed by atoms with Crippen LogP contribution in [0.25, 0.3) is 0 Å². The molecule has 1 heterocycles. The standard InChI is InChI=1S/C15H33N3/c1-3-16-10-6-4-5-7-11-17(2)14-15-18-12-8-9-13-18/h16H,3-15H2,1-2H3. The number of hydrogen-bond acceptors (Lipinski definition) is 3. The molecule has 0 radical (unpaired) electrons. The van der Waals surface area contributed by atoms with Crippen molar-refractivity contribution in [2.75, 3.05) is 52.9 Å². The Morgan fingerprint density at radius 3 is 2.44 bits per heavy atom. The van der Waals surface area contributed by atoms with Crippen LogP contribution in [0, 0.1) is 0 Å². The van der Waals surface area contributed by atoms with Crippen molar-refractivity contribution in [3.63, 3.8) is 0 Å². The van der Waals surface area contributed by atoms with Gasteiger partial charge in [-0.2, -0.15) is 0 Å². The molecular weight excluding hydrogens is 222 g/mol. The molecule has 0 aromatic heterocycles. The van der Waals surface area contributed by atoms with Gasteiger partial charge in [0.15, 0.2) is 0 Å². The highest BCUT2D eigenvalue weighted by Crippen LogP contribution is 2.07. The zero-order valence-electron chi connectivity index (χ0n) is 12.6. The summed E-state index contributed by atoms with van der Waals surface area (Å²) in [7, 11) is 2.27. The minimum absolute atomic E-state index is 1.11. The normalized spacial score (nSPS) is 16.8. The van der Waals surface area contributed by atoms with Crippen LogP contribution < -0.4 is 5.32 Å². The molecule has 1 fully saturated rings. The third-order valence-electron chi connectivity index (χ3n) is 3.89. The molecule has 1 saturated heterocycles. The number of rotatable bonds is 11. The van der Waals surface area contributed by atoms with Crippen molar-refractivity contribution in [1.29, 1.82) is 0 Å². The molecule has 108 valence electrons. The molecule has 1 aliphatic rings. The molecule has 1 rings (SSSR count). The van der Waals surface area contributed by atoms with Crippen molar-refractivity contribution in [2.24, 2.45) is 0 Å². The molecule has 18 heavy (non-hydrogen) atoms. The fourth-order valence-electron chi connectivity index (χ4n) is 2.59. The van der Waals surface area contributed by atoms with E-state index in [9.17, 15) is 0 Å². The SMILES string of the molecule is CCNCCCCCCN(C)CCN1CCCC1. The predicted molar refractivity (Wildman–Crippen MR) is 80.2 cm³/mol. The largest absolute Gasteiger partial charge is 0.317 e. The Bertz CT molecular complexity index is 179. The molecule has 1 N–H and O–H groups in total. The lowest BCUT2D eigenvalue weighted by atomic mass is 10.2. The Morgan fingerprint density at radius 2 is 1.72 bits per heavy atom. The van der Waals surface area contributed by atoms with Gasteiger partial charge in [0.25, 0.3) is 0 Å². The van der Waals surface area contributed by atoms with Crippen LogP contribution in [-0.2, 0) is 0 Å². The molecule has 0 unspecified atom stereocenters. The summed E-state index contributed by atoms with van der Waals surface area (Å²) in [6.45, 7) is 10.9. The van der Waals surface area contributed by atoms with Gasteiger partial charge in [-0.05, 0) is 65.5 Å². The Kier molecular flexibility index (Phi) is 9.54. The van der Waals surface area contributed by atoms with Crippen LogP contribution in [-0.4, -0.2) is 62.7 Å². The van der Waals surface area contributed by atoms with Crippen molar-refractivity contribution >= 4 is 0 Å².